The average Bonchev–Trinajstić information content (AvgIpc) is 2.05. The number of hydrogen-bond acceptors (Lipinski definition) is 5. The van der Waals surface area contributed by atoms with Crippen LogP contribution in [-0.2, 0) is 4.74 Å². The standard InChI is InChI=1S/C5H6BrN3O4/c6-2-1-3-13-5(10)4(8-7)9(11)12/h1-3H2/p+1. The van der Waals surface area contributed by atoms with E-state index in [4.69, 9.17) is 10.5 Å². The summed E-state index contributed by atoms with van der Waals surface area (Å²) in [5.41, 5.74) is 0. The Balaban J connectivity index is 4.25. The molecule has 1 N–H and O–H groups in total. The number of rotatable bonds is 5. The van der Waals surface area contributed by atoms with Gasteiger partial charge >= 0.3 is 11.8 Å². The zero-order chi connectivity index (χ0) is 10.3. The zero-order valence-electron chi connectivity index (χ0n) is 6.51. The van der Waals surface area contributed by atoms with Gasteiger partial charge in [-0.05, 0) is 6.42 Å². The van der Waals surface area contributed by atoms with Gasteiger partial charge in [0, 0.05) is 5.33 Å². The molecule has 0 amide bonds. The number of diazo groups is 1. The first-order valence-electron chi connectivity index (χ1n) is 3.25. The van der Waals surface area contributed by atoms with Crippen LogP contribution in [0, 0.1) is 15.5 Å². The molecule has 0 aliphatic rings. The number of ether oxygens (including phenoxy) is 1. The number of halogens is 1. The van der Waals surface area contributed by atoms with E-state index in [9.17, 15) is 10.1 Å². The van der Waals surface area contributed by atoms with Gasteiger partial charge in [-0.1, -0.05) is 15.9 Å². The molecule has 0 saturated heterocycles. The molecule has 0 atom stereocenters. The highest BCUT2D eigenvalue weighted by Crippen LogP contribution is 2.06. The second kappa shape index (κ2) is 6.19. The fraction of sp³-hybridized carbons (Fsp3) is 0.600. The van der Waals surface area contributed by atoms with Crippen molar-refractivity contribution >= 4 is 15.9 Å². The predicted octanol–water partition coefficient (Wildman–Crippen LogP) is 1.60. The summed E-state index contributed by atoms with van der Waals surface area (Å²) in [5.74, 6) is -2.09. The van der Waals surface area contributed by atoms with Crippen molar-refractivity contribution in [1.29, 1.82) is 5.39 Å². The Morgan fingerprint density at radius 2 is 2.38 bits per heavy atom. The predicted molar refractivity (Wildman–Crippen MR) is 46.1 cm³/mol. The highest BCUT2D eigenvalue weighted by Gasteiger charge is 2.35. The van der Waals surface area contributed by atoms with Crippen molar-refractivity contribution in [3.8, 4) is 0 Å². The second-order valence-corrected chi connectivity index (χ2v) is 2.67. The minimum Gasteiger partial charge on any atom is -0.470 e. The SMILES string of the molecule is N#[N+]C(=C(O)OCCCBr)[N+](=O)[O-]. The Morgan fingerprint density at radius 3 is 2.77 bits per heavy atom. The third kappa shape index (κ3) is 4.27. The van der Waals surface area contributed by atoms with Crippen molar-refractivity contribution < 1.29 is 14.8 Å². The Morgan fingerprint density at radius 1 is 1.77 bits per heavy atom. The minimum absolute atomic E-state index is 0.101. The fourth-order valence-electron chi connectivity index (χ4n) is 0.445. The van der Waals surface area contributed by atoms with Crippen molar-refractivity contribution in [2.75, 3.05) is 11.9 Å². The molecular formula is C5H7BrN3O4+. The van der Waals surface area contributed by atoms with E-state index in [0.717, 1.165) is 0 Å². The molecule has 72 valence electrons. The summed E-state index contributed by atoms with van der Waals surface area (Å²) in [7, 11) is 0. The maximum Gasteiger partial charge on any atom is 0.747 e. The van der Waals surface area contributed by atoms with E-state index in [1.165, 1.54) is 0 Å². The highest BCUT2D eigenvalue weighted by atomic mass is 79.9. The van der Waals surface area contributed by atoms with Gasteiger partial charge in [0.15, 0.2) is 4.92 Å². The molecular weight excluding hydrogens is 246 g/mol. The van der Waals surface area contributed by atoms with E-state index < -0.39 is 16.7 Å². The minimum atomic E-state index is -1.10. The van der Waals surface area contributed by atoms with Crippen molar-refractivity contribution in [3.05, 3.63) is 26.9 Å². The van der Waals surface area contributed by atoms with Crippen LogP contribution in [-0.4, -0.2) is 22.0 Å². The average molecular weight is 253 g/mol. The zero-order valence-corrected chi connectivity index (χ0v) is 8.10. The first-order valence-corrected chi connectivity index (χ1v) is 4.37. The van der Waals surface area contributed by atoms with Gasteiger partial charge in [0.1, 0.15) is 0 Å². The van der Waals surface area contributed by atoms with Crippen LogP contribution in [0.15, 0.2) is 11.8 Å². The number of aliphatic hydroxyl groups excluding tert-OH is 1. The highest BCUT2D eigenvalue weighted by molar-refractivity contribution is 9.09. The molecule has 0 unspecified atom stereocenters. The van der Waals surface area contributed by atoms with Gasteiger partial charge in [-0.15, -0.1) is 0 Å². The number of alkyl halides is 1. The number of nitrogens with zero attached hydrogens (tertiary/aromatic N) is 3. The van der Waals surface area contributed by atoms with Crippen molar-refractivity contribution in [2.45, 2.75) is 6.42 Å². The Kier molecular flexibility index (Phi) is 5.54. The van der Waals surface area contributed by atoms with E-state index in [1.54, 1.807) is 0 Å². The lowest BCUT2D eigenvalue weighted by Gasteiger charge is -1.96. The fourth-order valence-corrected chi connectivity index (χ4v) is 0.674. The summed E-state index contributed by atoms with van der Waals surface area (Å²) in [6.07, 6.45) is 0.570. The largest absolute Gasteiger partial charge is 0.747 e. The monoisotopic (exact) mass is 252 g/mol. The summed E-state index contributed by atoms with van der Waals surface area (Å²) >= 11 is 3.10. The summed E-state index contributed by atoms with van der Waals surface area (Å²) in [5, 5.41) is 27.6. The maximum absolute atomic E-state index is 10.0. The molecule has 0 aliphatic carbocycles. The summed E-state index contributed by atoms with van der Waals surface area (Å²) in [4.78, 5) is 11.3. The molecule has 0 aromatic carbocycles. The molecule has 8 heteroatoms. The molecule has 0 aromatic rings. The van der Waals surface area contributed by atoms with Crippen LogP contribution in [0.5, 0.6) is 0 Å². The third-order valence-corrected chi connectivity index (χ3v) is 1.54. The van der Waals surface area contributed by atoms with Gasteiger partial charge in [-0.3, -0.25) is 10.1 Å². The van der Waals surface area contributed by atoms with E-state index in [1.807, 2.05) is 0 Å². The maximum atomic E-state index is 10.0. The van der Waals surface area contributed by atoms with Crippen molar-refractivity contribution in [3.63, 3.8) is 0 Å². The summed E-state index contributed by atoms with van der Waals surface area (Å²) in [6.45, 7) is 0.101. The second-order valence-electron chi connectivity index (χ2n) is 1.88. The Hall–Kier alpha value is -1.36. The van der Waals surface area contributed by atoms with Gasteiger partial charge in [-0.2, -0.15) is 0 Å². The molecule has 0 rings (SSSR count). The van der Waals surface area contributed by atoms with E-state index >= 15 is 0 Å². The Labute approximate surface area is 81.9 Å². The first-order chi connectivity index (χ1) is 6.13. The van der Waals surface area contributed by atoms with Crippen molar-refractivity contribution in [2.24, 2.45) is 0 Å². The Bertz CT molecular complexity index is 259. The van der Waals surface area contributed by atoms with Crippen LogP contribution in [0.4, 0.5) is 0 Å². The van der Waals surface area contributed by atoms with Crippen molar-refractivity contribution in [1.82, 2.24) is 0 Å². The molecule has 0 radical (unpaired) electrons. The quantitative estimate of drug-likeness (QED) is 0.200. The van der Waals surface area contributed by atoms with Crippen LogP contribution in [0.2, 0.25) is 0 Å². The van der Waals surface area contributed by atoms with Crippen LogP contribution >= 0.6 is 15.9 Å². The van der Waals surface area contributed by atoms with Gasteiger partial charge < -0.3 is 9.84 Å². The lowest BCUT2D eigenvalue weighted by atomic mass is 10.5. The molecule has 0 heterocycles. The molecule has 0 fully saturated rings. The van der Waals surface area contributed by atoms with Gasteiger partial charge in [0.2, 0.25) is 5.39 Å². The third-order valence-electron chi connectivity index (χ3n) is 0.976. The summed E-state index contributed by atoms with van der Waals surface area (Å²) < 4.78 is 4.51. The molecule has 0 spiro atoms. The van der Waals surface area contributed by atoms with E-state index in [-0.39, 0.29) is 6.61 Å². The molecule has 0 aliphatic heterocycles. The number of aliphatic hydroxyl groups is 1. The van der Waals surface area contributed by atoms with Crippen LogP contribution in [0.1, 0.15) is 6.42 Å². The normalized spacial score (nSPS) is 11.4. The van der Waals surface area contributed by atoms with Crippen LogP contribution < -0.4 is 0 Å². The lowest BCUT2D eigenvalue weighted by molar-refractivity contribution is -0.425. The molecule has 0 bridgehead atoms. The molecule has 0 aromatic heterocycles. The summed E-state index contributed by atoms with van der Waals surface area (Å²) in [6, 6.07) is 0. The molecule has 13 heavy (non-hydrogen) atoms. The van der Waals surface area contributed by atoms with E-state index in [2.05, 4.69) is 25.6 Å². The molecule has 0 saturated carbocycles. The first kappa shape index (κ1) is 11.6. The number of nitro groups is 1. The van der Waals surface area contributed by atoms with E-state index in [0.29, 0.717) is 11.8 Å². The van der Waals surface area contributed by atoms with Gasteiger partial charge in [0.05, 0.1) is 6.61 Å². The van der Waals surface area contributed by atoms with Gasteiger partial charge in [-0.25, -0.2) is 0 Å². The smallest absolute Gasteiger partial charge is 0.470 e. The van der Waals surface area contributed by atoms with Crippen LogP contribution in [0.3, 0.4) is 0 Å². The van der Waals surface area contributed by atoms with Crippen LogP contribution in [0.25, 0.3) is 4.98 Å². The van der Waals surface area contributed by atoms with Gasteiger partial charge in [0.25, 0.3) is 4.98 Å². The molecule has 7 nitrogen and oxygen atoms in total. The number of hydrogen-bond donors (Lipinski definition) is 1. The lowest BCUT2D eigenvalue weighted by Crippen LogP contribution is -2.03. The topological polar surface area (TPSA) is 101 Å².